The molecular formula is C16H33NO5. The van der Waals surface area contributed by atoms with Crippen molar-refractivity contribution in [2.45, 2.75) is 83.1 Å². The molecule has 0 aliphatic carbocycles. The molecule has 0 radical (unpaired) electrons. The molecule has 5 atom stereocenters. The Hall–Kier alpha value is -0.240. The van der Waals surface area contributed by atoms with E-state index in [0.29, 0.717) is 13.2 Å². The highest BCUT2D eigenvalue weighted by atomic mass is 16.7. The van der Waals surface area contributed by atoms with Crippen molar-refractivity contribution in [2.75, 3.05) is 19.7 Å². The largest absolute Gasteiger partial charge is 0.388 e. The second-order valence-electron chi connectivity index (χ2n) is 6.00. The molecule has 1 aliphatic heterocycles. The van der Waals surface area contributed by atoms with E-state index in [2.05, 4.69) is 12.2 Å². The van der Waals surface area contributed by atoms with Crippen LogP contribution in [0.3, 0.4) is 0 Å². The van der Waals surface area contributed by atoms with Crippen LogP contribution in [0.5, 0.6) is 0 Å². The topological polar surface area (TPSA) is 91.2 Å². The zero-order valence-electron chi connectivity index (χ0n) is 13.9. The lowest BCUT2D eigenvalue weighted by molar-refractivity contribution is -0.295. The molecule has 0 bridgehead atoms. The van der Waals surface area contributed by atoms with Gasteiger partial charge >= 0.3 is 0 Å². The van der Waals surface area contributed by atoms with Gasteiger partial charge in [-0.05, 0) is 19.4 Å². The number of hydrogen-bond donors (Lipinski definition) is 4. The first-order chi connectivity index (χ1) is 10.6. The normalized spacial score (nSPS) is 32.3. The predicted molar refractivity (Wildman–Crippen MR) is 84.6 cm³/mol. The van der Waals surface area contributed by atoms with Gasteiger partial charge in [-0.1, -0.05) is 39.5 Å². The minimum atomic E-state index is -1.24. The van der Waals surface area contributed by atoms with Crippen molar-refractivity contribution in [3.63, 3.8) is 0 Å². The van der Waals surface area contributed by atoms with E-state index < -0.39 is 30.7 Å². The van der Waals surface area contributed by atoms with E-state index in [4.69, 9.17) is 9.47 Å². The van der Waals surface area contributed by atoms with Crippen molar-refractivity contribution in [3.8, 4) is 0 Å². The quantitative estimate of drug-likeness (QED) is 0.421. The Kier molecular flexibility index (Phi) is 10.2. The summed E-state index contributed by atoms with van der Waals surface area (Å²) in [5.74, 6) is 0. The number of ether oxygens (including phenoxy) is 2. The van der Waals surface area contributed by atoms with Crippen LogP contribution in [-0.4, -0.2) is 65.7 Å². The first-order valence-electron chi connectivity index (χ1n) is 8.63. The molecule has 1 heterocycles. The molecule has 1 aliphatic rings. The maximum atomic E-state index is 10.0. The summed E-state index contributed by atoms with van der Waals surface area (Å²) in [6.07, 6.45) is 1.52. The van der Waals surface area contributed by atoms with E-state index in [0.717, 1.165) is 25.8 Å². The lowest BCUT2D eigenvalue weighted by Crippen LogP contribution is -2.60. The predicted octanol–water partition coefficient (Wildman–Crippen LogP) is 0.781. The minimum absolute atomic E-state index is 0.435. The van der Waals surface area contributed by atoms with Crippen LogP contribution < -0.4 is 5.32 Å². The zero-order valence-corrected chi connectivity index (χ0v) is 13.9. The summed E-state index contributed by atoms with van der Waals surface area (Å²) in [6.45, 7) is 5.98. The van der Waals surface area contributed by atoms with Crippen molar-refractivity contribution >= 4 is 0 Å². The van der Waals surface area contributed by atoms with Gasteiger partial charge in [0.2, 0.25) is 0 Å². The van der Waals surface area contributed by atoms with Gasteiger partial charge in [-0.3, -0.25) is 0 Å². The fourth-order valence-electron chi connectivity index (χ4n) is 2.49. The molecule has 6 nitrogen and oxygen atoms in total. The number of aliphatic hydroxyl groups excluding tert-OH is 3. The number of aliphatic hydroxyl groups is 3. The summed E-state index contributed by atoms with van der Waals surface area (Å²) >= 11 is 0. The molecule has 4 N–H and O–H groups in total. The van der Waals surface area contributed by atoms with Crippen LogP contribution in [0.2, 0.25) is 0 Å². The van der Waals surface area contributed by atoms with Gasteiger partial charge in [0.05, 0.1) is 0 Å². The SMILES string of the molecule is CCCCCCNC[C@H]1OC(OCCCC)[C@H](O)[C@@H](O)[C@@H]1O. The second kappa shape index (κ2) is 11.3. The average Bonchev–Trinajstić information content (AvgIpc) is 2.52. The van der Waals surface area contributed by atoms with Crippen LogP contribution in [0, 0.1) is 0 Å². The van der Waals surface area contributed by atoms with Gasteiger partial charge in [-0.25, -0.2) is 0 Å². The molecule has 0 aromatic rings. The van der Waals surface area contributed by atoms with E-state index in [1.165, 1.54) is 19.3 Å². The van der Waals surface area contributed by atoms with E-state index >= 15 is 0 Å². The summed E-state index contributed by atoms with van der Waals surface area (Å²) in [4.78, 5) is 0. The van der Waals surface area contributed by atoms with Gasteiger partial charge in [-0.2, -0.15) is 0 Å². The van der Waals surface area contributed by atoms with E-state index in [1.54, 1.807) is 0 Å². The van der Waals surface area contributed by atoms with Crippen LogP contribution in [0.1, 0.15) is 52.4 Å². The Morgan fingerprint density at radius 3 is 2.32 bits per heavy atom. The fraction of sp³-hybridized carbons (Fsp3) is 1.00. The van der Waals surface area contributed by atoms with Gasteiger partial charge in [0, 0.05) is 13.2 Å². The summed E-state index contributed by atoms with van der Waals surface area (Å²) in [5.41, 5.74) is 0. The second-order valence-corrected chi connectivity index (χ2v) is 6.00. The third-order valence-electron chi connectivity index (χ3n) is 4.00. The molecule has 1 unspecified atom stereocenters. The Labute approximate surface area is 133 Å². The Balaban J connectivity index is 2.34. The number of rotatable bonds is 11. The van der Waals surface area contributed by atoms with Gasteiger partial charge in [0.25, 0.3) is 0 Å². The van der Waals surface area contributed by atoms with Crippen molar-refractivity contribution < 1.29 is 24.8 Å². The molecule has 1 rings (SSSR count). The summed E-state index contributed by atoms with van der Waals surface area (Å²) < 4.78 is 11.1. The van der Waals surface area contributed by atoms with Crippen molar-refractivity contribution in [1.29, 1.82) is 0 Å². The van der Waals surface area contributed by atoms with E-state index in [-0.39, 0.29) is 0 Å². The molecule has 22 heavy (non-hydrogen) atoms. The Morgan fingerprint density at radius 2 is 1.64 bits per heavy atom. The van der Waals surface area contributed by atoms with E-state index in [9.17, 15) is 15.3 Å². The number of hydrogen-bond acceptors (Lipinski definition) is 6. The van der Waals surface area contributed by atoms with Crippen molar-refractivity contribution in [2.24, 2.45) is 0 Å². The summed E-state index contributed by atoms with van der Waals surface area (Å²) in [7, 11) is 0. The fourth-order valence-corrected chi connectivity index (χ4v) is 2.49. The van der Waals surface area contributed by atoms with Crippen LogP contribution in [0.15, 0.2) is 0 Å². The van der Waals surface area contributed by atoms with Crippen LogP contribution in [0.4, 0.5) is 0 Å². The third-order valence-corrected chi connectivity index (χ3v) is 4.00. The van der Waals surface area contributed by atoms with E-state index in [1.807, 2.05) is 6.92 Å². The van der Waals surface area contributed by atoms with Crippen LogP contribution in [0.25, 0.3) is 0 Å². The highest BCUT2D eigenvalue weighted by Gasteiger charge is 2.43. The minimum Gasteiger partial charge on any atom is -0.388 e. The third kappa shape index (κ3) is 6.48. The van der Waals surface area contributed by atoms with Gasteiger partial charge in [0.1, 0.15) is 24.4 Å². The van der Waals surface area contributed by atoms with Crippen LogP contribution >= 0.6 is 0 Å². The molecule has 6 heteroatoms. The smallest absolute Gasteiger partial charge is 0.186 e. The first kappa shape index (κ1) is 19.8. The number of unbranched alkanes of at least 4 members (excludes halogenated alkanes) is 4. The lowest BCUT2D eigenvalue weighted by atomic mass is 9.99. The average molecular weight is 319 g/mol. The molecular weight excluding hydrogens is 286 g/mol. The Bertz CT molecular complexity index is 279. The first-order valence-corrected chi connectivity index (χ1v) is 8.63. The molecule has 1 fully saturated rings. The van der Waals surface area contributed by atoms with Crippen molar-refractivity contribution in [1.82, 2.24) is 5.32 Å². The zero-order chi connectivity index (χ0) is 16.4. The number of nitrogens with one attached hydrogen (secondary N) is 1. The highest BCUT2D eigenvalue weighted by molar-refractivity contribution is 4.90. The monoisotopic (exact) mass is 319 g/mol. The highest BCUT2D eigenvalue weighted by Crippen LogP contribution is 2.22. The molecule has 0 amide bonds. The maximum Gasteiger partial charge on any atom is 0.186 e. The van der Waals surface area contributed by atoms with Gasteiger partial charge in [-0.15, -0.1) is 0 Å². The van der Waals surface area contributed by atoms with Crippen molar-refractivity contribution in [3.05, 3.63) is 0 Å². The molecule has 1 saturated heterocycles. The molecule has 0 aromatic carbocycles. The maximum absolute atomic E-state index is 10.0. The molecule has 0 aromatic heterocycles. The summed E-state index contributed by atoms with van der Waals surface area (Å²) in [5, 5.41) is 33.1. The molecule has 0 spiro atoms. The van der Waals surface area contributed by atoms with Crippen LogP contribution in [-0.2, 0) is 9.47 Å². The molecule has 0 saturated carbocycles. The van der Waals surface area contributed by atoms with Gasteiger partial charge < -0.3 is 30.1 Å². The van der Waals surface area contributed by atoms with Gasteiger partial charge in [0.15, 0.2) is 6.29 Å². The Morgan fingerprint density at radius 1 is 0.909 bits per heavy atom. The standard InChI is InChI=1S/C16H33NO5/c1-3-5-7-8-9-17-11-12-13(18)14(19)15(20)16(22-12)21-10-6-4-2/h12-20H,3-11H2,1-2H3/t12-,13-,14+,15-,16?/m1/s1. The summed E-state index contributed by atoms with van der Waals surface area (Å²) in [6, 6.07) is 0. The lowest BCUT2D eigenvalue weighted by Gasteiger charge is -2.40. The molecule has 132 valence electrons.